The highest BCUT2D eigenvalue weighted by Gasteiger charge is 2.14. The normalized spacial score (nSPS) is 13.0. The summed E-state index contributed by atoms with van der Waals surface area (Å²) in [4.78, 5) is 4.51. The van der Waals surface area contributed by atoms with Crippen molar-refractivity contribution in [3.8, 4) is 11.5 Å². The predicted molar refractivity (Wildman–Crippen MR) is 119 cm³/mol. The van der Waals surface area contributed by atoms with Gasteiger partial charge < -0.3 is 20.1 Å². The number of fused-ring (bicyclic) bond motifs is 1. The lowest BCUT2D eigenvalue weighted by Gasteiger charge is -2.12. The fourth-order valence-electron chi connectivity index (χ4n) is 2.67. The lowest BCUT2D eigenvalue weighted by molar-refractivity contribution is 0.174. The topological polar surface area (TPSA) is 89.0 Å². The highest BCUT2D eigenvalue weighted by Crippen LogP contribution is 2.32. The van der Waals surface area contributed by atoms with Gasteiger partial charge in [0.25, 0.3) is 0 Å². The molecule has 0 fully saturated rings. The van der Waals surface area contributed by atoms with Crippen LogP contribution in [-0.4, -0.2) is 40.5 Å². The van der Waals surface area contributed by atoms with Crippen LogP contribution in [0.3, 0.4) is 0 Å². The molecule has 7 nitrogen and oxygen atoms in total. The van der Waals surface area contributed by atoms with Gasteiger partial charge in [0.15, 0.2) is 27.3 Å². The quantitative estimate of drug-likeness (QED) is 0.254. The Bertz CT molecular complexity index is 905. The van der Waals surface area contributed by atoms with Gasteiger partial charge >= 0.3 is 0 Å². The number of hydrogen-bond acceptors (Lipinski definition) is 5. The second-order valence-electron chi connectivity index (χ2n) is 6.03. The lowest BCUT2D eigenvalue weighted by Crippen LogP contribution is -2.37. The molecule has 0 aromatic heterocycles. The van der Waals surface area contributed by atoms with E-state index in [1.165, 1.54) is 0 Å². The average Bonchev–Trinajstić information content (AvgIpc) is 3.16. The third kappa shape index (κ3) is 5.99. The molecule has 0 atom stereocenters. The minimum Gasteiger partial charge on any atom is -0.454 e. The summed E-state index contributed by atoms with van der Waals surface area (Å²) in [5.41, 5.74) is 1.04. The molecule has 9 heteroatoms. The summed E-state index contributed by atoms with van der Waals surface area (Å²) in [5, 5.41) is 6.33. The molecule has 0 bridgehead atoms. The molecule has 152 valence electrons. The zero-order valence-corrected chi connectivity index (χ0v) is 18.7. The molecule has 2 aromatic rings. The molecular weight excluding hydrogens is 493 g/mol. The number of hydrogen-bond donors (Lipinski definition) is 2. The Morgan fingerprint density at radius 3 is 2.57 bits per heavy atom. The van der Waals surface area contributed by atoms with Gasteiger partial charge in [-0.25, -0.2) is 8.42 Å². The van der Waals surface area contributed by atoms with E-state index in [1.54, 1.807) is 37.4 Å². The van der Waals surface area contributed by atoms with Crippen LogP contribution in [0.15, 0.2) is 58.4 Å². The third-order valence-corrected chi connectivity index (χ3v) is 5.92. The zero-order valence-electron chi connectivity index (χ0n) is 15.6. The van der Waals surface area contributed by atoms with Gasteiger partial charge in [-0.15, -0.1) is 24.0 Å². The van der Waals surface area contributed by atoms with Gasteiger partial charge in [-0.05, 0) is 36.2 Å². The third-order valence-electron chi connectivity index (χ3n) is 4.11. The molecule has 1 aliphatic heterocycles. The minimum absolute atomic E-state index is 0. The summed E-state index contributed by atoms with van der Waals surface area (Å²) in [6.45, 7) is 1.33. The van der Waals surface area contributed by atoms with E-state index in [2.05, 4.69) is 15.6 Å². The van der Waals surface area contributed by atoms with E-state index in [0.717, 1.165) is 17.1 Å². The van der Waals surface area contributed by atoms with E-state index in [0.29, 0.717) is 30.4 Å². The van der Waals surface area contributed by atoms with Crippen molar-refractivity contribution in [3.63, 3.8) is 0 Å². The van der Waals surface area contributed by atoms with Crippen molar-refractivity contribution in [3.05, 3.63) is 54.1 Å². The number of aliphatic imine (C=N–C) groups is 1. The summed E-state index contributed by atoms with van der Waals surface area (Å²) in [6.07, 6.45) is 0.488. The highest BCUT2D eigenvalue weighted by atomic mass is 127. The predicted octanol–water partition coefficient (Wildman–Crippen LogP) is 2.56. The monoisotopic (exact) mass is 517 g/mol. The van der Waals surface area contributed by atoms with E-state index in [4.69, 9.17) is 9.47 Å². The number of guanidine groups is 1. The summed E-state index contributed by atoms with van der Waals surface area (Å²) in [6, 6.07) is 14.3. The number of rotatable bonds is 7. The van der Waals surface area contributed by atoms with Crippen LogP contribution in [0.2, 0.25) is 0 Å². The lowest BCUT2D eigenvalue weighted by atomic mass is 10.2. The van der Waals surface area contributed by atoms with E-state index in [9.17, 15) is 8.42 Å². The van der Waals surface area contributed by atoms with Gasteiger partial charge in [-0.2, -0.15) is 0 Å². The van der Waals surface area contributed by atoms with Crippen LogP contribution >= 0.6 is 24.0 Å². The summed E-state index contributed by atoms with van der Waals surface area (Å²) in [5.74, 6) is 2.19. The fourth-order valence-corrected chi connectivity index (χ4v) is 4.00. The van der Waals surface area contributed by atoms with E-state index in [1.807, 2.05) is 18.2 Å². The molecule has 0 aliphatic carbocycles. The van der Waals surface area contributed by atoms with Gasteiger partial charge in [0.05, 0.1) is 10.6 Å². The van der Waals surface area contributed by atoms with Crippen LogP contribution in [0.1, 0.15) is 12.0 Å². The van der Waals surface area contributed by atoms with E-state index >= 15 is 0 Å². The number of ether oxygens (including phenoxy) is 2. The second kappa shape index (κ2) is 10.5. The smallest absolute Gasteiger partial charge is 0.231 e. The van der Waals surface area contributed by atoms with Crippen LogP contribution in [0, 0.1) is 0 Å². The molecule has 0 radical (unpaired) electrons. The molecule has 1 heterocycles. The van der Waals surface area contributed by atoms with E-state index < -0.39 is 9.84 Å². The Balaban J connectivity index is 0.00000280. The van der Waals surface area contributed by atoms with Crippen LogP contribution in [0.4, 0.5) is 0 Å². The molecule has 0 amide bonds. The van der Waals surface area contributed by atoms with Crippen molar-refractivity contribution >= 4 is 39.8 Å². The Hall–Kier alpha value is -2.01. The molecule has 2 N–H and O–H groups in total. The van der Waals surface area contributed by atoms with Crippen molar-refractivity contribution < 1.29 is 17.9 Å². The molecule has 0 spiro atoms. The summed E-state index contributed by atoms with van der Waals surface area (Å²) < 4.78 is 35.2. The first kappa shape index (κ1) is 22.3. The van der Waals surface area contributed by atoms with Crippen LogP contribution in [0.25, 0.3) is 0 Å². The second-order valence-corrected chi connectivity index (χ2v) is 8.13. The van der Waals surface area contributed by atoms with Gasteiger partial charge in [0, 0.05) is 20.1 Å². The molecule has 0 unspecified atom stereocenters. The Labute approximate surface area is 182 Å². The van der Waals surface area contributed by atoms with Crippen LogP contribution in [-0.2, 0) is 16.4 Å². The van der Waals surface area contributed by atoms with Crippen LogP contribution in [0.5, 0.6) is 11.5 Å². The first-order valence-electron chi connectivity index (χ1n) is 8.69. The average molecular weight is 517 g/mol. The minimum atomic E-state index is -3.25. The Kier molecular flexibility index (Phi) is 8.36. The maximum absolute atomic E-state index is 12.3. The van der Waals surface area contributed by atoms with Gasteiger partial charge in [-0.3, -0.25) is 4.99 Å². The van der Waals surface area contributed by atoms with Crippen molar-refractivity contribution in [1.29, 1.82) is 0 Å². The molecule has 28 heavy (non-hydrogen) atoms. The maximum Gasteiger partial charge on any atom is 0.231 e. The van der Waals surface area contributed by atoms with Gasteiger partial charge in [0.2, 0.25) is 6.79 Å². The fraction of sp³-hybridized carbons (Fsp3) is 0.316. The molecule has 1 aliphatic rings. The molecule has 0 saturated heterocycles. The van der Waals surface area contributed by atoms with Gasteiger partial charge in [0.1, 0.15) is 0 Å². The first-order valence-corrected chi connectivity index (χ1v) is 10.3. The van der Waals surface area contributed by atoms with E-state index in [-0.39, 0.29) is 36.5 Å². The Morgan fingerprint density at radius 2 is 1.82 bits per heavy atom. The number of benzene rings is 2. The largest absolute Gasteiger partial charge is 0.454 e. The van der Waals surface area contributed by atoms with Gasteiger partial charge in [-0.1, -0.05) is 24.3 Å². The number of sulfone groups is 1. The number of nitrogens with one attached hydrogen (secondary N) is 2. The van der Waals surface area contributed by atoms with Crippen molar-refractivity contribution in [2.45, 2.75) is 17.9 Å². The molecular formula is C19H24IN3O4S. The maximum atomic E-state index is 12.3. The van der Waals surface area contributed by atoms with Crippen molar-refractivity contribution in [2.24, 2.45) is 4.99 Å². The van der Waals surface area contributed by atoms with Crippen LogP contribution < -0.4 is 20.1 Å². The number of halogens is 1. The highest BCUT2D eigenvalue weighted by molar-refractivity contribution is 14.0. The standard InChI is InChI=1S/C19H23N3O4S.HI/c1-20-19(22-13-15-8-9-17-18(12-15)26-14-25-17)21-10-5-11-27(23,24)16-6-3-2-4-7-16;/h2-4,6-9,12H,5,10-11,13-14H2,1H3,(H2,20,21,22);1H. The number of nitrogens with zero attached hydrogens (tertiary/aromatic N) is 1. The summed E-state index contributed by atoms with van der Waals surface area (Å²) in [7, 11) is -1.58. The van der Waals surface area contributed by atoms with Crippen molar-refractivity contribution in [2.75, 3.05) is 26.1 Å². The molecule has 2 aromatic carbocycles. The molecule has 0 saturated carbocycles. The summed E-state index contributed by atoms with van der Waals surface area (Å²) >= 11 is 0. The van der Waals surface area contributed by atoms with Crippen molar-refractivity contribution in [1.82, 2.24) is 10.6 Å². The zero-order chi connectivity index (χ0) is 19.1. The molecule has 3 rings (SSSR count). The Morgan fingerprint density at radius 1 is 1.07 bits per heavy atom. The SMILES string of the molecule is CN=C(NCCCS(=O)(=O)c1ccccc1)NCc1ccc2c(c1)OCO2.I. The first-order chi connectivity index (χ1) is 13.1.